The molecule has 3 heterocycles. The summed E-state index contributed by atoms with van der Waals surface area (Å²) in [6.07, 6.45) is 7.10. The molecular formula is C29H33FN4O. The van der Waals surface area contributed by atoms with Gasteiger partial charge >= 0.3 is 0 Å². The maximum absolute atomic E-state index is 16.4. The second-order valence-electron chi connectivity index (χ2n) is 10.6. The maximum Gasteiger partial charge on any atom is 0.175 e. The number of pyridine rings is 1. The summed E-state index contributed by atoms with van der Waals surface area (Å²) in [5.41, 5.74) is 1.84. The van der Waals surface area contributed by atoms with Crippen molar-refractivity contribution in [3.63, 3.8) is 0 Å². The van der Waals surface area contributed by atoms with E-state index in [9.17, 15) is 5.11 Å². The van der Waals surface area contributed by atoms with E-state index in [0.717, 1.165) is 54.5 Å². The molecule has 0 aliphatic carbocycles. The summed E-state index contributed by atoms with van der Waals surface area (Å²) >= 11 is 0. The fourth-order valence-corrected chi connectivity index (χ4v) is 5.06. The third kappa shape index (κ3) is 4.30. The number of benzene rings is 2. The van der Waals surface area contributed by atoms with Gasteiger partial charge in [-0.3, -0.25) is 4.98 Å². The molecule has 1 saturated heterocycles. The molecular weight excluding hydrogens is 439 g/mol. The van der Waals surface area contributed by atoms with Crippen LogP contribution in [0.1, 0.15) is 64.8 Å². The number of hydrogen-bond donors (Lipinski definition) is 1. The maximum atomic E-state index is 16.4. The summed E-state index contributed by atoms with van der Waals surface area (Å²) in [6, 6.07) is 9.27. The number of phenols is 1. The summed E-state index contributed by atoms with van der Waals surface area (Å²) < 4.78 is 16.4. The highest BCUT2D eigenvalue weighted by molar-refractivity contribution is 6.01. The number of phenolic OH excluding ortho intramolecular Hbond substituents is 1. The molecule has 0 radical (unpaired) electrons. The van der Waals surface area contributed by atoms with Gasteiger partial charge in [-0.2, -0.15) is 0 Å². The van der Waals surface area contributed by atoms with Crippen molar-refractivity contribution in [1.82, 2.24) is 15.0 Å². The number of aromatic nitrogens is 3. The largest absolute Gasteiger partial charge is 0.508 e. The van der Waals surface area contributed by atoms with Crippen LogP contribution in [0.25, 0.3) is 32.9 Å². The minimum Gasteiger partial charge on any atom is -0.508 e. The number of nitrogens with zero attached hydrogens (tertiary/aromatic N) is 4. The van der Waals surface area contributed by atoms with E-state index >= 15 is 4.39 Å². The van der Waals surface area contributed by atoms with Gasteiger partial charge in [0, 0.05) is 30.3 Å². The van der Waals surface area contributed by atoms with Crippen LogP contribution < -0.4 is 4.90 Å². The van der Waals surface area contributed by atoms with Crippen molar-refractivity contribution < 1.29 is 9.50 Å². The van der Waals surface area contributed by atoms with E-state index in [1.165, 1.54) is 12.8 Å². The first kappa shape index (κ1) is 23.5. The number of hydrogen-bond acceptors (Lipinski definition) is 5. The second-order valence-corrected chi connectivity index (χ2v) is 10.6. The smallest absolute Gasteiger partial charge is 0.175 e. The number of anilines is 1. The molecule has 0 amide bonds. The van der Waals surface area contributed by atoms with E-state index in [2.05, 4.69) is 37.6 Å². The average molecular weight is 473 g/mol. The zero-order chi connectivity index (χ0) is 24.7. The molecule has 5 nitrogen and oxygen atoms in total. The highest BCUT2D eigenvalue weighted by Gasteiger charge is 2.26. The zero-order valence-electron chi connectivity index (χ0n) is 21.0. The molecule has 1 aliphatic heterocycles. The Morgan fingerprint density at radius 2 is 1.77 bits per heavy atom. The van der Waals surface area contributed by atoms with Gasteiger partial charge in [0.25, 0.3) is 0 Å². The second kappa shape index (κ2) is 9.06. The third-order valence-corrected chi connectivity index (χ3v) is 6.92. The summed E-state index contributed by atoms with van der Waals surface area (Å²) in [4.78, 5) is 16.6. The van der Waals surface area contributed by atoms with E-state index in [1.54, 1.807) is 18.3 Å². The normalized spacial score (nSPS) is 15.1. The van der Waals surface area contributed by atoms with Crippen LogP contribution in [0.4, 0.5) is 10.2 Å². The van der Waals surface area contributed by atoms with E-state index in [-0.39, 0.29) is 16.9 Å². The Morgan fingerprint density at radius 3 is 2.46 bits per heavy atom. The number of aryl methyl sites for hydroxylation is 1. The van der Waals surface area contributed by atoms with Gasteiger partial charge in [0.15, 0.2) is 5.82 Å². The molecule has 0 spiro atoms. The van der Waals surface area contributed by atoms with Gasteiger partial charge in [0.2, 0.25) is 0 Å². The van der Waals surface area contributed by atoms with Crippen molar-refractivity contribution in [1.29, 1.82) is 0 Å². The van der Waals surface area contributed by atoms with Gasteiger partial charge in [-0.15, -0.1) is 0 Å². The Balaban J connectivity index is 1.80. The van der Waals surface area contributed by atoms with Crippen LogP contribution in [0.2, 0.25) is 0 Å². The quantitative estimate of drug-likeness (QED) is 0.350. The van der Waals surface area contributed by atoms with Crippen LogP contribution in [-0.4, -0.2) is 33.1 Å². The van der Waals surface area contributed by atoms with Gasteiger partial charge in [0.1, 0.15) is 28.6 Å². The van der Waals surface area contributed by atoms with Crippen LogP contribution >= 0.6 is 0 Å². The standard InChI is InChI=1S/C29H33FN4O/c1-5-18-11-10-12-19-15-20(35)16-21(23(18)19)25-24(30)26-22(17-31-25)27(33-28(32-26)29(2,3)4)34-13-8-6-7-9-14-34/h10-12,15-17,35H,5-9,13-14H2,1-4H3. The van der Waals surface area contributed by atoms with Gasteiger partial charge in [0.05, 0.1) is 5.39 Å². The van der Waals surface area contributed by atoms with Gasteiger partial charge in [-0.05, 0) is 47.7 Å². The predicted molar refractivity (Wildman–Crippen MR) is 141 cm³/mol. The summed E-state index contributed by atoms with van der Waals surface area (Å²) in [6.45, 7) is 10.0. The van der Waals surface area contributed by atoms with E-state index in [1.807, 2.05) is 18.2 Å². The Bertz CT molecular complexity index is 1400. The molecule has 182 valence electrons. The van der Waals surface area contributed by atoms with Gasteiger partial charge in [-0.25, -0.2) is 14.4 Å². The van der Waals surface area contributed by atoms with E-state index in [4.69, 9.17) is 9.97 Å². The Morgan fingerprint density at radius 1 is 1.03 bits per heavy atom. The van der Waals surface area contributed by atoms with Crippen LogP contribution in [0.3, 0.4) is 0 Å². The van der Waals surface area contributed by atoms with Crippen LogP contribution in [0, 0.1) is 5.82 Å². The lowest BCUT2D eigenvalue weighted by atomic mass is 9.94. The molecule has 35 heavy (non-hydrogen) atoms. The zero-order valence-corrected chi connectivity index (χ0v) is 21.0. The lowest BCUT2D eigenvalue weighted by Gasteiger charge is -2.26. The summed E-state index contributed by atoms with van der Waals surface area (Å²) in [5.74, 6) is 1.01. The average Bonchev–Trinajstić information content (AvgIpc) is 3.12. The van der Waals surface area contributed by atoms with E-state index in [0.29, 0.717) is 22.3 Å². The Labute approximate surface area is 206 Å². The number of aromatic hydroxyl groups is 1. The van der Waals surface area contributed by atoms with Crippen LogP contribution in [0.15, 0.2) is 36.5 Å². The van der Waals surface area contributed by atoms with Crippen molar-refractivity contribution >= 4 is 27.5 Å². The number of fused-ring (bicyclic) bond motifs is 2. The number of rotatable bonds is 3. The molecule has 1 N–H and O–H groups in total. The first-order valence-electron chi connectivity index (χ1n) is 12.6. The minimum atomic E-state index is -0.468. The molecule has 0 saturated carbocycles. The number of halogens is 1. The summed E-state index contributed by atoms with van der Waals surface area (Å²) in [7, 11) is 0. The van der Waals surface area contributed by atoms with Crippen molar-refractivity contribution in [2.75, 3.05) is 18.0 Å². The van der Waals surface area contributed by atoms with Gasteiger partial charge < -0.3 is 10.0 Å². The topological polar surface area (TPSA) is 62.1 Å². The van der Waals surface area contributed by atoms with Crippen LogP contribution in [-0.2, 0) is 11.8 Å². The molecule has 1 fully saturated rings. The Hall–Kier alpha value is -3.28. The lowest BCUT2D eigenvalue weighted by molar-refractivity contribution is 0.476. The molecule has 6 heteroatoms. The van der Waals surface area contributed by atoms with Crippen molar-refractivity contribution in [3.8, 4) is 17.0 Å². The molecule has 0 bridgehead atoms. The SMILES string of the molecule is CCc1cccc2cc(O)cc(-c3ncc4c(N5CCCCCC5)nc(C(C)(C)C)nc4c3F)c12. The fraction of sp³-hybridized carbons (Fsp3) is 0.414. The van der Waals surface area contributed by atoms with Gasteiger partial charge in [-0.1, -0.05) is 58.7 Å². The third-order valence-electron chi connectivity index (χ3n) is 6.92. The Kier molecular flexibility index (Phi) is 6.07. The summed E-state index contributed by atoms with van der Waals surface area (Å²) in [5, 5.41) is 12.9. The first-order chi connectivity index (χ1) is 16.8. The fourth-order valence-electron chi connectivity index (χ4n) is 5.06. The lowest BCUT2D eigenvalue weighted by Crippen LogP contribution is -2.27. The van der Waals surface area contributed by atoms with Crippen molar-refractivity contribution in [2.24, 2.45) is 0 Å². The molecule has 4 aromatic rings. The highest BCUT2D eigenvalue weighted by atomic mass is 19.1. The predicted octanol–water partition coefficient (Wildman–Crippen LogP) is 6.93. The minimum absolute atomic E-state index is 0.0883. The molecule has 5 rings (SSSR count). The molecule has 0 atom stereocenters. The first-order valence-corrected chi connectivity index (χ1v) is 12.6. The van der Waals surface area contributed by atoms with Crippen molar-refractivity contribution in [3.05, 3.63) is 53.7 Å². The highest BCUT2D eigenvalue weighted by Crippen LogP contribution is 2.38. The van der Waals surface area contributed by atoms with Crippen molar-refractivity contribution in [2.45, 2.75) is 65.2 Å². The van der Waals surface area contributed by atoms with Crippen LogP contribution in [0.5, 0.6) is 5.75 Å². The molecule has 0 unspecified atom stereocenters. The van der Waals surface area contributed by atoms with E-state index < -0.39 is 5.82 Å². The molecule has 2 aromatic carbocycles. The molecule has 1 aliphatic rings. The monoisotopic (exact) mass is 472 g/mol. The molecule has 2 aromatic heterocycles.